The predicted molar refractivity (Wildman–Crippen MR) is 92.0 cm³/mol. The zero-order chi connectivity index (χ0) is 19.5. The molecule has 140 valence electrons. The maximum atomic E-state index is 12.6. The molecule has 2 aromatic carbocycles. The quantitative estimate of drug-likeness (QED) is 0.821. The highest BCUT2D eigenvalue weighted by Crippen LogP contribution is 2.33. The Bertz CT molecular complexity index is 927. The number of hydrogen-bond acceptors (Lipinski definition) is 3. The van der Waals surface area contributed by atoms with Crippen molar-refractivity contribution in [3.8, 4) is 0 Å². The molecule has 26 heavy (non-hydrogen) atoms. The maximum Gasteiger partial charge on any atom is 0.416 e. The number of halogens is 4. The van der Waals surface area contributed by atoms with E-state index in [2.05, 4.69) is 5.32 Å². The predicted octanol–water partition coefficient (Wildman–Crippen LogP) is 3.87. The molecule has 0 aromatic heterocycles. The second-order valence-corrected chi connectivity index (χ2v) is 8.02. The van der Waals surface area contributed by atoms with Crippen LogP contribution in [0.2, 0.25) is 5.02 Å². The summed E-state index contributed by atoms with van der Waals surface area (Å²) in [5.41, 5.74) is 0.116. The number of rotatable bonds is 5. The zero-order valence-electron chi connectivity index (χ0n) is 13.6. The number of nitrogens with one attached hydrogen (secondary N) is 1. The number of benzene rings is 2. The Balaban J connectivity index is 2.08. The van der Waals surface area contributed by atoms with E-state index in [9.17, 15) is 26.4 Å². The van der Waals surface area contributed by atoms with Crippen molar-refractivity contribution in [3.05, 3.63) is 64.2 Å². The largest absolute Gasteiger partial charge is 0.416 e. The van der Waals surface area contributed by atoms with Gasteiger partial charge in [-0.3, -0.25) is 4.79 Å². The molecule has 1 amide bonds. The molecule has 0 aliphatic heterocycles. The van der Waals surface area contributed by atoms with E-state index in [0.717, 1.165) is 11.6 Å². The zero-order valence-corrected chi connectivity index (χ0v) is 15.2. The van der Waals surface area contributed by atoms with Gasteiger partial charge in [-0.15, -0.1) is 0 Å². The van der Waals surface area contributed by atoms with Crippen molar-refractivity contribution in [2.45, 2.75) is 18.0 Å². The maximum absolute atomic E-state index is 12.6. The van der Waals surface area contributed by atoms with Crippen molar-refractivity contribution < 1.29 is 26.4 Å². The molecule has 0 unspecified atom stereocenters. The molecular formula is C17H15ClF3NO3S. The van der Waals surface area contributed by atoms with Crippen LogP contribution in [0.3, 0.4) is 0 Å². The van der Waals surface area contributed by atoms with Crippen LogP contribution in [0.5, 0.6) is 0 Å². The van der Waals surface area contributed by atoms with Crippen molar-refractivity contribution in [3.63, 3.8) is 0 Å². The SMILES string of the molecule is Cc1ccccc1C(=O)NCCS(=O)(=O)c1ccc(C(F)(F)F)cc1Cl. The average Bonchev–Trinajstić information content (AvgIpc) is 2.53. The van der Waals surface area contributed by atoms with Crippen LogP contribution in [-0.4, -0.2) is 26.6 Å². The van der Waals surface area contributed by atoms with E-state index in [1.54, 1.807) is 31.2 Å². The van der Waals surface area contributed by atoms with Gasteiger partial charge in [0.15, 0.2) is 9.84 Å². The van der Waals surface area contributed by atoms with Crippen molar-refractivity contribution in [2.24, 2.45) is 0 Å². The van der Waals surface area contributed by atoms with E-state index in [1.807, 2.05) is 0 Å². The number of amides is 1. The van der Waals surface area contributed by atoms with Gasteiger partial charge >= 0.3 is 6.18 Å². The van der Waals surface area contributed by atoms with E-state index in [1.165, 1.54) is 0 Å². The fourth-order valence-corrected chi connectivity index (χ4v) is 4.02. The van der Waals surface area contributed by atoms with Gasteiger partial charge in [-0.05, 0) is 36.8 Å². The van der Waals surface area contributed by atoms with Gasteiger partial charge in [-0.25, -0.2) is 8.42 Å². The van der Waals surface area contributed by atoms with Crippen molar-refractivity contribution in [1.29, 1.82) is 0 Å². The van der Waals surface area contributed by atoms with Crippen LogP contribution in [0.15, 0.2) is 47.4 Å². The molecule has 9 heteroatoms. The third kappa shape index (κ3) is 4.76. The molecule has 0 saturated carbocycles. The molecule has 2 rings (SSSR count). The van der Waals surface area contributed by atoms with E-state index in [4.69, 9.17) is 11.6 Å². The van der Waals surface area contributed by atoms with Crippen LogP contribution in [0.4, 0.5) is 13.2 Å². The van der Waals surface area contributed by atoms with Crippen LogP contribution >= 0.6 is 11.6 Å². The van der Waals surface area contributed by atoms with E-state index < -0.39 is 43.2 Å². The molecule has 0 fully saturated rings. The first-order valence-electron chi connectivity index (χ1n) is 7.46. The van der Waals surface area contributed by atoms with Gasteiger partial charge in [-0.2, -0.15) is 13.2 Å². The van der Waals surface area contributed by atoms with Gasteiger partial charge in [0.25, 0.3) is 5.91 Å². The smallest absolute Gasteiger partial charge is 0.351 e. The molecule has 0 heterocycles. The third-order valence-corrected chi connectivity index (χ3v) is 5.83. The number of aryl methyl sites for hydroxylation is 1. The summed E-state index contributed by atoms with van der Waals surface area (Å²) < 4.78 is 62.4. The molecule has 0 aliphatic carbocycles. The molecule has 0 saturated heterocycles. The molecule has 1 N–H and O–H groups in total. The van der Waals surface area contributed by atoms with E-state index in [-0.39, 0.29) is 6.54 Å². The fraction of sp³-hybridized carbons (Fsp3) is 0.235. The third-order valence-electron chi connectivity index (χ3n) is 3.64. The summed E-state index contributed by atoms with van der Waals surface area (Å²) in [5.74, 6) is -0.924. The molecule has 0 radical (unpaired) electrons. The van der Waals surface area contributed by atoms with Gasteiger partial charge in [0.05, 0.1) is 21.2 Å². The summed E-state index contributed by atoms with van der Waals surface area (Å²) in [4.78, 5) is 11.6. The summed E-state index contributed by atoms with van der Waals surface area (Å²) in [7, 11) is -3.96. The van der Waals surface area contributed by atoms with E-state index >= 15 is 0 Å². The van der Waals surface area contributed by atoms with Crippen LogP contribution in [0.1, 0.15) is 21.5 Å². The first-order chi connectivity index (χ1) is 12.0. The molecule has 0 spiro atoms. The monoisotopic (exact) mass is 405 g/mol. The lowest BCUT2D eigenvalue weighted by molar-refractivity contribution is -0.137. The Morgan fingerprint density at radius 2 is 1.81 bits per heavy atom. The lowest BCUT2D eigenvalue weighted by atomic mass is 10.1. The minimum absolute atomic E-state index is 0.202. The highest BCUT2D eigenvalue weighted by molar-refractivity contribution is 7.91. The van der Waals surface area contributed by atoms with Crippen molar-refractivity contribution in [1.82, 2.24) is 5.32 Å². The Kier molecular flexibility index (Phi) is 5.98. The molecule has 0 atom stereocenters. The highest BCUT2D eigenvalue weighted by atomic mass is 35.5. The van der Waals surface area contributed by atoms with Crippen LogP contribution in [-0.2, 0) is 16.0 Å². The minimum atomic E-state index is -4.62. The first-order valence-corrected chi connectivity index (χ1v) is 9.49. The first kappa shape index (κ1) is 20.3. The Morgan fingerprint density at radius 1 is 1.15 bits per heavy atom. The second kappa shape index (κ2) is 7.67. The van der Waals surface area contributed by atoms with Crippen molar-refractivity contribution in [2.75, 3.05) is 12.3 Å². The normalized spacial score (nSPS) is 12.0. The summed E-state index contributed by atoms with van der Waals surface area (Å²) in [6.07, 6.45) is -4.62. The molecule has 0 aliphatic rings. The van der Waals surface area contributed by atoms with E-state index in [0.29, 0.717) is 17.7 Å². The van der Waals surface area contributed by atoms with Crippen LogP contribution in [0.25, 0.3) is 0 Å². The summed E-state index contributed by atoms with van der Waals surface area (Å²) in [5, 5.41) is 1.97. The van der Waals surface area contributed by atoms with Gasteiger partial charge in [-0.1, -0.05) is 29.8 Å². The number of hydrogen-bond donors (Lipinski definition) is 1. The van der Waals surface area contributed by atoms with Crippen molar-refractivity contribution >= 4 is 27.3 Å². The van der Waals surface area contributed by atoms with Gasteiger partial charge < -0.3 is 5.32 Å². The lowest BCUT2D eigenvalue weighted by Crippen LogP contribution is -2.29. The topological polar surface area (TPSA) is 63.2 Å². The molecule has 0 bridgehead atoms. The average molecular weight is 406 g/mol. The Labute approximate surface area is 153 Å². The second-order valence-electron chi connectivity index (χ2n) is 5.53. The molecular weight excluding hydrogens is 391 g/mol. The molecule has 4 nitrogen and oxygen atoms in total. The summed E-state index contributed by atoms with van der Waals surface area (Å²) >= 11 is 5.71. The van der Waals surface area contributed by atoms with Crippen LogP contribution in [0, 0.1) is 6.92 Å². The highest BCUT2D eigenvalue weighted by Gasteiger charge is 2.32. The van der Waals surface area contributed by atoms with Gasteiger partial charge in [0.1, 0.15) is 0 Å². The summed E-state index contributed by atoms with van der Waals surface area (Å²) in [6, 6.07) is 8.85. The Hall–Kier alpha value is -2.06. The number of sulfone groups is 1. The standard InChI is InChI=1S/C17H15ClF3NO3S/c1-11-4-2-3-5-13(11)16(23)22-8-9-26(24,25)15-7-6-12(10-14(15)18)17(19,20)21/h2-7,10H,8-9H2,1H3,(H,22,23). The van der Waals surface area contributed by atoms with Crippen LogP contribution < -0.4 is 5.32 Å². The lowest BCUT2D eigenvalue weighted by Gasteiger charge is -2.11. The minimum Gasteiger partial charge on any atom is -0.351 e. The Morgan fingerprint density at radius 3 is 2.38 bits per heavy atom. The number of carbonyl (C=O) groups is 1. The molecule has 2 aromatic rings. The number of carbonyl (C=O) groups excluding carboxylic acids is 1. The van der Waals surface area contributed by atoms with Gasteiger partial charge in [0.2, 0.25) is 0 Å². The fourth-order valence-electron chi connectivity index (χ4n) is 2.26. The summed E-state index contributed by atoms with van der Waals surface area (Å²) in [6.45, 7) is 1.54. The van der Waals surface area contributed by atoms with Gasteiger partial charge in [0, 0.05) is 12.1 Å². The number of alkyl halides is 3.